The number of nitrogens with two attached hydrogens (primary N) is 1. The summed E-state index contributed by atoms with van der Waals surface area (Å²) in [7, 11) is 0. The van der Waals surface area contributed by atoms with Crippen molar-refractivity contribution in [3.8, 4) is 0 Å². The molecule has 2 aliphatic rings. The minimum atomic E-state index is -0.711. The molecule has 0 aromatic heterocycles. The first-order valence-corrected chi connectivity index (χ1v) is 4.36. The van der Waals surface area contributed by atoms with E-state index in [1.165, 1.54) is 0 Å². The van der Waals surface area contributed by atoms with Crippen LogP contribution < -0.4 is 5.73 Å². The maximum Gasteiger partial charge on any atom is 0.312 e. The minimum Gasteiger partial charge on any atom is -0.481 e. The van der Waals surface area contributed by atoms with E-state index in [2.05, 4.69) is 4.90 Å². The first-order valence-electron chi connectivity index (χ1n) is 4.36. The number of hydrogen-bond donors (Lipinski definition) is 2. The summed E-state index contributed by atoms with van der Waals surface area (Å²) in [6, 6.07) is -0.145. The Hall–Kier alpha value is -0.610. The monoisotopic (exact) mass is 170 g/mol. The van der Waals surface area contributed by atoms with Crippen LogP contribution in [0, 0.1) is 5.41 Å². The zero-order chi connectivity index (χ0) is 8.77. The maximum atomic E-state index is 11.0. The summed E-state index contributed by atoms with van der Waals surface area (Å²) < 4.78 is 0. The van der Waals surface area contributed by atoms with Gasteiger partial charge in [-0.3, -0.25) is 4.79 Å². The van der Waals surface area contributed by atoms with Crippen molar-refractivity contribution in [1.82, 2.24) is 4.90 Å². The summed E-state index contributed by atoms with van der Waals surface area (Å²) in [4.78, 5) is 13.2. The molecule has 4 heteroatoms. The summed E-state index contributed by atoms with van der Waals surface area (Å²) in [5, 5.41) is 9.08. The molecule has 4 nitrogen and oxygen atoms in total. The summed E-state index contributed by atoms with van der Waals surface area (Å²) in [5.74, 6) is -0.711. The lowest BCUT2D eigenvalue weighted by atomic mass is 9.77. The fourth-order valence-corrected chi connectivity index (χ4v) is 2.34. The van der Waals surface area contributed by atoms with Gasteiger partial charge in [0, 0.05) is 12.6 Å². The Balaban J connectivity index is 2.27. The van der Waals surface area contributed by atoms with Crippen molar-refractivity contribution in [2.45, 2.75) is 18.9 Å². The van der Waals surface area contributed by atoms with Crippen molar-refractivity contribution in [3.63, 3.8) is 0 Å². The van der Waals surface area contributed by atoms with E-state index < -0.39 is 11.4 Å². The third-order valence-corrected chi connectivity index (χ3v) is 3.27. The van der Waals surface area contributed by atoms with Crippen LogP contribution >= 0.6 is 0 Å². The van der Waals surface area contributed by atoms with Crippen LogP contribution in [-0.4, -0.2) is 41.7 Å². The number of hydrogen-bond acceptors (Lipinski definition) is 3. The van der Waals surface area contributed by atoms with Gasteiger partial charge in [-0.1, -0.05) is 0 Å². The van der Waals surface area contributed by atoms with E-state index in [9.17, 15) is 4.79 Å². The third-order valence-electron chi connectivity index (χ3n) is 3.27. The molecule has 3 N–H and O–H groups in total. The summed E-state index contributed by atoms with van der Waals surface area (Å²) in [6.07, 6.45) is 1.55. The molecule has 2 bridgehead atoms. The van der Waals surface area contributed by atoms with E-state index in [0.717, 1.165) is 25.9 Å². The van der Waals surface area contributed by atoms with Gasteiger partial charge in [0.15, 0.2) is 0 Å². The van der Waals surface area contributed by atoms with Crippen LogP contribution in [0.15, 0.2) is 0 Å². The van der Waals surface area contributed by atoms with Gasteiger partial charge in [0.2, 0.25) is 0 Å². The Morgan fingerprint density at radius 1 is 1.58 bits per heavy atom. The summed E-state index contributed by atoms with van der Waals surface area (Å²) in [5.41, 5.74) is 5.22. The van der Waals surface area contributed by atoms with Gasteiger partial charge >= 0.3 is 5.97 Å². The zero-order valence-corrected chi connectivity index (χ0v) is 6.99. The highest BCUT2D eigenvalue weighted by Gasteiger charge is 2.51. The van der Waals surface area contributed by atoms with E-state index in [1.807, 2.05) is 0 Å². The smallest absolute Gasteiger partial charge is 0.312 e. The highest BCUT2D eigenvalue weighted by atomic mass is 16.4. The highest BCUT2D eigenvalue weighted by Crippen LogP contribution is 2.38. The average Bonchev–Trinajstić information content (AvgIpc) is 2.39. The van der Waals surface area contributed by atoms with E-state index in [4.69, 9.17) is 10.8 Å². The van der Waals surface area contributed by atoms with Crippen LogP contribution in [0.2, 0.25) is 0 Å². The molecule has 2 rings (SSSR count). The maximum absolute atomic E-state index is 11.0. The molecule has 0 amide bonds. The standard InChI is InChI=1S/C8H14N2O2/c9-6-1-3-10-4-2-8(6,5-10)7(11)12/h6H,1-5,9H2,(H,11,12). The molecule has 0 aromatic carbocycles. The molecule has 3 atom stereocenters. The molecular weight excluding hydrogens is 156 g/mol. The van der Waals surface area contributed by atoms with E-state index in [1.54, 1.807) is 0 Å². The van der Waals surface area contributed by atoms with E-state index in [-0.39, 0.29) is 6.04 Å². The first kappa shape index (κ1) is 8.01. The van der Waals surface area contributed by atoms with E-state index >= 15 is 0 Å². The van der Waals surface area contributed by atoms with Gasteiger partial charge in [-0.15, -0.1) is 0 Å². The van der Waals surface area contributed by atoms with Crippen molar-refractivity contribution < 1.29 is 9.90 Å². The van der Waals surface area contributed by atoms with Crippen LogP contribution in [0.3, 0.4) is 0 Å². The van der Waals surface area contributed by atoms with Crippen molar-refractivity contribution in [1.29, 1.82) is 0 Å². The van der Waals surface area contributed by atoms with Crippen LogP contribution in [0.4, 0.5) is 0 Å². The minimum absolute atomic E-state index is 0.145. The zero-order valence-electron chi connectivity index (χ0n) is 6.99. The van der Waals surface area contributed by atoms with Gasteiger partial charge in [-0.25, -0.2) is 0 Å². The molecule has 68 valence electrons. The predicted octanol–water partition coefficient (Wildman–Crippen LogP) is -0.506. The number of rotatable bonds is 1. The second kappa shape index (κ2) is 2.44. The second-order valence-corrected chi connectivity index (χ2v) is 3.88. The third kappa shape index (κ3) is 0.881. The lowest BCUT2D eigenvalue weighted by Gasteiger charge is -2.35. The fraction of sp³-hybridized carbons (Fsp3) is 0.875. The number of fused-ring (bicyclic) bond motifs is 2. The van der Waals surface area contributed by atoms with Crippen molar-refractivity contribution in [2.75, 3.05) is 19.6 Å². The molecule has 2 heterocycles. The molecular formula is C8H14N2O2. The summed E-state index contributed by atoms with van der Waals surface area (Å²) in [6.45, 7) is 2.53. The lowest BCUT2D eigenvalue weighted by Crippen LogP contribution is -2.53. The number of carbonyl (C=O) groups is 1. The van der Waals surface area contributed by atoms with Crippen LogP contribution in [-0.2, 0) is 4.79 Å². The van der Waals surface area contributed by atoms with Crippen LogP contribution in [0.1, 0.15) is 12.8 Å². The molecule has 2 aliphatic heterocycles. The first-order chi connectivity index (χ1) is 5.65. The highest BCUT2D eigenvalue weighted by molar-refractivity contribution is 5.76. The van der Waals surface area contributed by atoms with Gasteiger partial charge in [-0.2, -0.15) is 0 Å². The Morgan fingerprint density at radius 2 is 2.33 bits per heavy atom. The molecule has 12 heavy (non-hydrogen) atoms. The fourth-order valence-electron chi connectivity index (χ4n) is 2.34. The van der Waals surface area contributed by atoms with Crippen molar-refractivity contribution >= 4 is 5.97 Å². The lowest BCUT2D eigenvalue weighted by molar-refractivity contribution is -0.150. The predicted molar refractivity (Wildman–Crippen MR) is 43.7 cm³/mol. The molecule has 0 radical (unpaired) electrons. The Bertz CT molecular complexity index is 219. The van der Waals surface area contributed by atoms with Gasteiger partial charge < -0.3 is 15.7 Å². The van der Waals surface area contributed by atoms with Crippen molar-refractivity contribution in [2.24, 2.45) is 11.1 Å². The molecule has 0 saturated carbocycles. The SMILES string of the molecule is NC1CCN2CCC1(C(=O)O)C2. The van der Waals surface area contributed by atoms with Gasteiger partial charge in [0.05, 0.1) is 5.41 Å². The van der Waals surface area contributed by atoms with Crippen molar-refractivity contribution in [3.05, 3.63) is 0 Å². The molecule has 0 spiro atoms. The Kier molecular flexibility index (Phi) is 1.63. The van der Waals surface area contributed by atoms with Gasteiger partial charge in [-0.05, 0) is 25.9 Å². The molecule has 2 fully saturated rings. The number of nitrogens with zero attached hydrogens (tertiary/aromatic N) is 1. The number of carboxylic acids is 1. The quantitative estimate of drug-likeness (QED) is 0.556. The van der Waals surface area contributed by atoms with Gasteiger partial charge in [0.1, 0.15) is 0 Å². The van der Waals surface area contributed by atoms with E-state index in [0.29, 0.717) is 6.54 Å². The second-order valence-electron chi connectivity index (χ2n) is 3.88. The average molecular weight is 170 g/mol. The normalized spacial score (nSPS) is 46.1. The topological polar surface area (TPSA) is 66.6 Å². The molecule has 0 aliphatic carbocycles. The van der Waals surface area contributed by atoms with Crippen LogP contribution in [0.25, 0.3) is 0 Å². The summed E-state index contributed by atoms with van der Waals surface area (Å²) >= 11 is 0. The number of carboxylic acid groups (broad SMARTS) is 1. The Morgan fingerprint density at radius 3 is 2.92 bits per heavy atom. The molecule has 3 unspecified atom stereocenters. The number of aliphatic carboxylic acids is 1. The number of piperidine rings is 1. The molecule has 0 aromatic rings. The molecule has 2 saturated heterocycles. The Labute approximate surface area is 71.3 Å². The van der Waals surface area contributed by atoms with Crippen LogP contribution in [0.5, 0.6) is 0 Å². The van der Waals surface area contributed by atoms with Gasteiger partial charge in [0.25, 0.3) is 0 Å². The largest absolute Gasteiger partial charge is 0.481 e.